The molecule has 1 aromatic heterocycles. The normalized spacial score (nSPS) is 19.0. The Hall–Kier alpha value is -0.940. The fourth-order valence-electron chi connectivity index (χ4n) is 1.71. The second-order valence-corrected chi connectivity index (χ2v) is 4.53. The van der Waals surface area contributed by atoms with E-state index in [9.17, 15) is 4.79 Å². The quantitative estimate of drug-likeness (QED) is 0.903. The van der Waals surface area contributed by atoms with Crippen molar-refractivity contribution < 1.29 is 9.53 Å². The zero-order valence-corrected chi connectivity index (χ0v) is 10.6. The molecule has 0 aliphatic carbocycles. The second kappa shape index (κ2) is 4.93. The maximum atomic E-state index is 11.4. The van der Waals surface area contributed by atoms with Crippen molar-refractivity contribution in [3.63, 3.8) is 0 Å². The van der Waals surface area contributed by atoms with E-state index in [1.165, 1.54) is 0 Å². The number of aromatic nitrogens is 1. The van der Waals surface area contributed by atoms with Gasteiger partial charge in [-0.2, -0.15) is 0 Å². The Bertz CT molecular complexity index is 409. The molecule has 4 nitrogen and oxygen atoms in total. The molecule has 1 aliphatic rings. The summed E-state index contributed by atoms with van der Waals surface area (Å²) in [6.07, 6.45) is 4.02. The maximum absolute atomic E-state index is 11.4. The van der Waals surface area contributed by atoms with Crippen molar-refractivity contribution in [3.8, 4) is 0 Å². The minimum absolute atomic E-state index is 0.0291. The molecule has 2 rings (SSSR count). The van der Waals surface area contributed by atoms with E-state index in [0.717, 1.165) is 15.6 Å². The molecule has 1 atom stereocenters. The van der Waals surface area contributed by atoms with Crippen molar-refractivity contribution >= 4 is 21.8 Å². The molecule has 1 aliphatic heterocycles. The number of nitrogens with zero attached hydrogens (tertiary/aromatic N) is 1. The zero-order valence-electron chi connectivity index (χ0n) is 9.00. The summed E-state index contributed by atoms with van der Waals surface area (Å²) < 4.78 is 6.39. The van der Waals surface area contributed by atoms with Crippen LogP contribution in [0.15, 0.2) is 16.9 Å². The van der Waals surface area contributed by atoms with Crippen LogP contribution in [0.3, 0.4) is 0 Å². The van der Waals surface area contributed by atoms with Gasteiger partial charge in [-0.1, -0.05) is 6.92 Å². The van der Waals surface area contributed by atoms with Crippen LogP contribution in [0.2, 0.25) is 0 Å². The van der Waals surface area contributed by atoms with E-state index in [0.29, 0.717) is 19.6 Å². The summed E-state index contributed by atoms with van der Waals surface area (Å²) in [6, 6.07) is -0.0822. The maximum Gasteiger partial charge on any atom is 0.220 e. The van der Waals surface area contributed by atoms with Crippen molar-refractivity contribution in [2.24, 2.45) is 0 Å². The number of halogens is 1. The van der Waals surface area contributed by atoms with Crippen LogP contribution < -0.4 is 5.32 Å². The van der Waals surface area contributed by atoms with E-state index in [-0.39, 0.29) is 11.9 Å². The highest BCUT2D eigenvalue weighted by molar-refractivity contribution is 9.10. The summed E-state index contributed by atoms with van der Waals surface area (Å²) in [4.78, 5) is 15.5. The van der Waals surface area contributed by atoms with Gasteiger partial charge in [0, 0.05) is 34.4 Å². The molecule has 0 aromatic carbocycles. The number of carbonyl (C=O) groups excluding carboxylic acids is 1. The Morgan fingerprint density at radius 3 is 3.25 bits per heavy atom. The van der Waals surface area contributed by atoms with Crippen LogP contribution in [-0.4, -0.2) is 17.5 Å². The predicted octanol–water partition coefficient (Wildman–Crippen LogP) is 1.94. The van der Waals surface area contributed by atoms with Crippen molar-refractivity contribution in [2.45, 2.75) is 26.0 Å². The number of nitrogens with one attached hydrogen (secondary N) is 1. The van der Waals surface area contributed by atoms with E-state index >= 15 is 0 Å². The molecular weight excluding hydrogens is 272 g/mol. The van der Waals surface area contributed by atoms with Crippen LogP contribution in [0.5, 0.6) is 0 Å². The van der Waals surface area contributed by atoms with Gasteiger partial charge in [-0.3, -0.25) is 9.78 Å². The van der Waals surface area contributed by atoms with Gasteiger partial charge >= 0.3 is 0 Å². The first-order valence-corrected chi connectivity index (χ1v) is 6.01. The predicted molar refractivity (Wildman–Crippen MR) is 62.8 cm³/mol. The van der Waals surface area contributed by atoms with Gasteiger partial charge in [-0.25, -0.2) is 0 Å². The standard InChI is InChI=1S/C11H13BrN2O2/c1-2-11(15)14-10-6-16-5-8-7(10)3-13-4-9(8)12/h3-4,10H,2,5-6H2,1H3,(H,14,15). The Morgan fingerprint density at radius 1 is 1.69 bits per heavy atom. The Labute approximate surface area is 103 Å². The number of rotatable bonds is 2. The molecule has 2 heterocycles. The summed E-state index contributed by atoms with van der Waals surface area (Å²) in [5, 5.41) is 2.93. The van der Waals surface area contributed by atoms with Crippen LogP contribution in [0.1, 0.15) is 30.5 Å². The third kappa shape index (κ3) is 2.25. The van der Waals surface area contributed by atoms with Crippen LogP contribution in [-0.2, 0) is 16.1 Å². The average Bonchev–Trinajstić information content (AvgIpc) is 2.30. The van der Waals surface area contributed by atoms with Crippen molar-refractivity contribution in [1.29, 1.82) is 0 Å². The third-order valence-corrected chi connectivity index (χ3v) is 3.28. The van der Waals surface area contributed by atoms with Gasteiger partial charge in [0.25, 0.3) is 0 Å². The first kappa shape index (κ1) is 11.5. The van der Waals surface area contributed by atoms with Gasteiger partial charge < -0.3 is 10.1 Å². The van der Waals surface area contributed by atoms with Crippen LogP contribution in [0.4, 0.5) is 0 Å². The summed E-state index contributed by atoms with van der Waals surface area (Å²) in [5.41, 5.74) is 2.12. The van der Waals surface area contributed by atoms with Crippen LogP contribution in [0.25, 0.3) is 0 Å². The molecule has 1 aromatic rings. The molecule has 0 fully saturated rings. The summed E-state index contributed by atoms with van der Waals surface area (Å²) >= 11 is 3.44. The van der Waals surface area contributed by atoms with Crippen LogP contribution in [0, 0.1) is 0 Å². The van der Waals surface area contributed by atoms with E-state index < -0.39 is 0 Å². The summed E-state index contributed by atoms with van der Waals surface area (Å²) in [7, 11) is 0. The number of ether oxygens (including phenoxy) is 1. The van der Waals surface area contributed by atoms with Crippen LogP contribution >= 0.6 is 15.9 Å². The van der Waals surface area contributed by atoms with Crippen molar-refractivity contribution in [3.05, 3.63) is 28.0 Å². The minimum Gasteiger partial charge on any atom is -0.374 e. The first-order chi connectivity index (χ1) is 7.72. The number of hydrogen-bond acceptors (Lipinski definition) is 3. The zero-order chi connectivity index (χ0) is 11.5. The molecule has 1 amide bonds. The fourth-order valence-corrected chi connectivity index (χ4v) is 2.18. The van der Waals surface area contributed by atoms with Gasteiger partial charge in [0.15, 0.2) is 0 Å². The topological polar surface area (TPSA) is 51.2 Å². The largest absolute Gasteiger partial charge is 0.374 e. The molecule has 16 heavy (non-hydrogen) atoms. The van der Waals surface area contributed by atoms with E-state index in [1.807, 2.05) is 6.92 Å². The average molecular weight is 285 g/mol. The molecule has 0 saturated heterocycles. The van der Waals surface area contributed by atoms with Gasteiger partial charge in [0.1, 0.15) is 0 Å². The molecular formula is C11H13BrN2O2. The van der Waals surface area contributed by atoms with Crippen molar-refractivity contribution in [1.82, 2.24) is 10.3 Å². The molecule has 0 bridgehead atoms. The molecule has 5 heteroatoms. The van der Waals surface area contributed by atoms with Crippen molar-refractivity contribution in [2.75, 3.05) is 6.61 Å². The number of carbonyl (C=O) groups is 1. The Morgan fingerprint density at radius 2 is 2.50 bits per heavy atom. The lowest BCUT2D eigenvalue weighted by Crippen LogP contribution is -2.34. The first-order valence-electron chi connectivity index (χ1n) is 5.21. The number of fused-ring (bicyclic) bond motifs is 1. The second-order valence-electron chi connectivity index (χ2n) is 3.68. The van der Waals surface area contributed by atoms with Gasteiger partial charge in [-0.15, -0.1) is 0 Å². The van der Waals surface area contributed by atoms with Gasteiger partial charge in [0.2, 0.25) is 5.91 Å². The molecule has 0 spiro atoms. The molecule has 86 valence electrons. The van der Waals surface area contributed by atoms with Gasteiger partial charge in [0.05, 0.1) is 19.3 Å². The minimum atomic E-state index is -0.0822. The highest BCUT2D eigenvalue weighted by Gasteiger charge is 2.23. The number of hydrogen-bond donors (Lipinski definition) is 1. The molecule has 1 N–H and O–H groups in total. The smallest absolute Gasteiger partial charge is 0.220 e. The highest BCUT2D eigenvalue weighted by Crippen LogP contribution is 2.29. The molecule has 0 saturated carbocycles. The van der Waals surface area contributed by atoms with Gasteiger partial charge in [-0.05, 0) is 15.9 Å². The number of pyridine rings is 1. The third-order valence-electron chi connectivity index (χ3n) is 2.60. The Balaban J connectivity index is 2.26. The lowest BCUT2D eigenvalue weighted by molar-refractivity contribution is -0.122. The van der Waals surface area contributed by atoms with E-state index in [1.54, 1.807) is 12.4 Å². The van der Waals surface area contributed by atoms with E-state index in [2.05, 4.69) is 26.2 Å². The highest BCUT2D eigenvalue weighted by atomic mass is 79.9. The Kier molecular flexibility index (Phi) is 3.56. The number of amides is 1. The van der Waals surface area contributed by atoms with E-state index in [4.69, 9.17) is 4.74 Å². The SMILES string of the molecule is CCC(=O)NC1COCc2c(Br)cncc21. The monoisotopic (exact) mass is 284 g/mol. The molecule has 0 radical (unpaired) electrons. The summed E-state index contributed by atoms with van der Waals surface area (Å²) in [6.45, 7) is 2.91. The summed E-state index contributed by atoms with van der Waals surface area (Å²) in [5.74, 6) is 0.0291. The lowest BCUT2D eigenvalue weighted by atomic mass is 10.0. The lowest BCUT2D eigenvalue weighted by Gasteiger charge is -2.26. The fraction of sp³-hybridized carbons (Fsp3) is 0.455. The molecule has 1 unspecified atom stereocenters.